The standard InChI is InChI=1S/C50H53ClN10O11S2/c1-25(6-5-14-54-50(52)53)45(66)59-37(20-43(64)65)47(68)60-39(49(70)71)24-74-73-15-13-42(63)55-30-9-11-34-27(16-30)18-36(57-34)46(67)56-31-10-12-35-28(17-31)19-38(58-35)48(69)61-23-29(22-51)44-33-8-4-3-7-32(33)41(21-40(44)61)72-26(2)62/h3-4,7-12,16-19,21,25,29,37,39,57-58H,5-6,13-15,20,22-24H2,1-2H3,(H,55,63)(H,56,67)(H,59,66)(H,60,68)(H,64,65)(H,70,71)(H4,52,53,54)/t25-,29?,37-,39-/m0/s1. The zero-order valence-corrected chi connectivity index (χ0v) is 42.4. The lowest BCUT2D eigenvalue weighted by Gasteiger charge is -2.22. The molecule has 0 saturated heterocycles. The fourth-order valence-corrected chi connectivity index (χ4v) is 10.8. The van der Waals surface area contributed by atoms with Gasteiger partial charge in [0.05, 0.1) is 12.1 Å². The van der Waals surface area contributed by atoms with Crippen molar-refractivity contribution >= 4 is 136 Å². The lowest BCUT2D eigenvalue weighted by molar-refractivity contribution is -0.143. The van der Waals surface area contributed by atoms with Crippen molar-refractivity contribution in [1.82, 2.24) is 25.9 Å². The molecule has 6 aromatic rings. The summed E-state index contributed by atoms with van der Waals surface area (Å²) in [5, 5.41) is 42.2. The first kappa shape index (κ1) is 54.0. The van der Waals surface area contributed by atoms with Gasteiger partial charge in [0.15, 0.2) is 5.96 Å². The first-order valence-corrected chi connectivity index (χ1v) is 26.3. The number of aromatic nitrogens is 2. The van der Waals surface area contributed by atoms with E-state index in [-0.39, 0.29) is 53.2 Å². The first-order valence-electron chi connectivity index (χ1n) is 23.2. The zero-order valence-electron chi connectivity index (χ0n) is 40.0. The SMILES string of the molecule is CC(=O)Oc1cc2c(c3ccccc13)C(CCl)CN2C(=O)c1cc2cc(NC(=O)c3cc4cc(NC(=O)CCSSC[C@H](NC(=O)[C@H](CC(=O)O)NC(=O)[C@@H](C)CCCNC(=N)N)C(=O)O)ccc4[nH]3)ccc2[nH]1. The van der Waals surface area contributed by atoms with Crippen LogP contribution in [0.4, 0.5) is 17.1 Å². The van der Waals surface area contributed by atoms with Crippen LogP contribution in [0.3, 0.4) is 0 Å². The highest BCUT2D eigenvalue weighted by atomic mass is 35.5. The van der Waals surface area contributed by atoms with Crippen LogP contribution < -0.4 is 42.0 Å². The predicted molar refractivity (Wildman–Crippen MR) is 285 cm³/mol. The number of aliphatic carboxylic acids is 2. The van der Waals surface area contributed by atoms with E-state index in [1.165, 1.54) is 17.7 Å². The minimum Gasteiger partial charge on any atom is -0.481 e. The number of ether oxygens (including phenoxy) is 1. The second kappa shape index (κ2) is 24.3. The predicted octanol–water partition coefficient (Wildman–Crippen LogP) is 6.10. The van der Waals surface area contributed by atoms with Gasteiger partial charge in [-0.05, 0) is 72.3 Å². The summed E-state index contributed by atoms with van der Waals surface area (Å²) >= 11 is 6.45. The minimum absolute atomic E-state index is 0.0497. The first-order chi connectivity index (χ1) is 35.4. The number of nitrogens with two attached hydrogens (primary N) is 1. The minimum atomic E-state index is -1.53. The molecule has 0 spiro atoms. The molecule has 4 aromatic carbocycles. The monoisotopic (exact) mass is 1070 g/mol. The van der Waals surface area contributed by atoms with Crippen LogP contribution in [0.15, 0.2) is 78.9 Å². The van der Waals surface area contributed by atoms with Crippen molar-refractivity contribution in [3.63, 3.8) is 0 Å². The quantitative estimate of drug-likeness (QED) is 0.00657. The van der Waals surface area contributed by atoms with Gasteiger partial charge in [-0.2, -0.15) is 0 Å². The van der Waals surface area contributed by atoms with Crippen LogP contribution in [-0.4, -0.2) is 116 Å². The molecule has 388 valence electrons. The molecule has 4 atom stereocenters. The van der Waals surface area contributed by atoms with Crippen LogP contribution in [0.2, 0.25) is 0 Å². The molecule has 0 fully saturated rings. The number of aromatic amines is 2. The average molecular weight is 1070 g/mol. The fourth-order valence-electron chi connectivity index (χ4n) is 8.41. The summed E-state index contributed by atoms with van der Waals surface area (Å²) in [7, 11) is 2.28. The van der Waals surface area contributed by atoms with Gasteiger partial charge in [-0.3, -0.25) is 39.0 Å². The molecular weight excluding hydrogens is 1020 g/mol. The third-order valence-corrected chi connectivity index (χ3v) is 14.8. The summed E-state index contributed by atoms with van der Waals surface area (Å²) < 4.78 is 5.57. The van der Waals surface area contributed by atoms with Gasteiger partial charge < -0.3 is 62.1 Å². The third kappa shape index (κ3) is 13.4. The van der Waals surface area contributed by atoms with Gasteiger partial charge in [-0.25, -0.2) is 4.79 Å². The van der Waals surface area contributed by atoms with Crippen LogP contribution in [0.1, 0.15) is 72.0 Å². The number of fused-ring (bicyclic) bond motifs is 5. The van der Waals surface area contributed by atoms with E-state index in [4.69, 9.17) is 27.5 Å². The molecule has 2 aromatic heterocycles. The Kier molecular flexibility index (Phi) is 17.7. The van der Waals surface area contributed by atoms with Crippen LogP contribution in [-0.2, 0) is 28.8 Å². The lowest BCUT2D eigenvalue weighted by Crippen LogP contribution is -2.53. The van der Waals surface area contributed by atoms with E-state index >= 15 is 0 Å². The maximum absolute atomic E-state index is 14.2. The molecule has 0 radical (unpaired) electrons. The van der Waals surface area contributed by atoms with Crippen molar-refractivity contribution in [2.45, 2.75) is 57.5 Å². The number of alkyl halides is 1. The Bertz CT molecular complexity index is 3180. The molecular formula is C50H53ClN10O11S2. The average Bonchev–Trinajstić information content (AvgIpc) is 4.09. The van der Waals surface area contributed by atoms with Crippen molar-refractivity contribution in [1.29, 1.82) is 5.41 Å². The third-order valence-electron chi connectivity index (χ3n) is 12.0. The normalized spacial score (nSPS) is 14.1. The topological polar surface area (TPSA) is 331 Å². The zero-order chi connectivity index (χ0) is 53.2. The molecule has 1 aliphatic rings. The van der Waals surface area contributed by atoms with Crippen LogP contribution in [0.5, 0.6) is 5.75 Å². The van der Waals surface area contributed by atoms with E-state index in [1.54, 1.807) is 66.4 Å². The lowest BCUT2D eigenvalue weighted by atomic mass is 9.95. The molecule has 0 saturated carbocycles. The fraction of sp³-hybridized carbons (Fsp3) is 0.300. The van der Waals surface area contributed by atoms with Crippen molar-refractivity contribution in [3.8, 4) is 5.75 Å². The Labute approximate surface area is 435 Å². The van der Waals surface area contributed by atoms with Gasteiger partial charge >= 0.3 is 17.9 Å². The van der Waals surface area contributed by atoms with E-state index < -0.39 is 60.1 Å². The number of rotatable bonds is 23. The maximum Gasteiger partial charge on any atom is 0.327 e. The summed E-state index contributed by atoms with van der Waals surface area (Å²) in [6.45, 7) is 3.57. The van der Waals surface area contributed by atoms with Crippen molar-refractivity contribution in [2.75, 3.05) is 46.0 Å². The number of hydrogen-bond donors (Lipinski definition) is 11. The summed E-state index contributed by atoms with van der Waals surface area (Å²) in [5.41, 5.74) is 9.57. The number of guanidine groups is 1. The highest BCUT2D eigenvalue weighted by molar-refractivity contribution is 8.76. The molecule has 0 aliphatic carbocycles. The number of esters is 1. The van der Waals surface area contributed by atoms with Crippen LogP contribution >= 0.6 is 33.2 Å². The Morgan fingerprint density at radius 1 is 0.851 bits per heavy atom. The molecule has 74 heavy (non-hydrogen) atoms. The molecule has 5 amide bonds. The van der Waals surface area contributed by atoms with Gasteiger partial charge in [-0.1, -0.05) is 52.8 Å². The number of anilines is 3. The van der Waals surface area contributed by atoms with E-state index in [9.17, 15) is 48.6 Å². The van der Waals surface area contributed by atoms with Gasteiger partial charge in [0.25, 0.3) is 11.8 Å². The molecule has 7 rings (SSSR count). The summed E-state index contributed by atoms with van der Waals surface area (Å²) in [5.74, 6) is -6.12. The Morgan fingerprint density at radius 3 is 2.15 bits per heavy atom. The number of hydrogen-bond acceptors (Lipinski definition) is 12. The Hall–Kier alpha value is -7.76. The number of carbonyl (C=O) groups is 8. The van der Waals surface area contributed by atoms with Crippen molar-refractivity contribution in [2.24, 2.45) is 11.7 Å². The number of amides is 5. The van der Waals surface area contributed by atoms with E-state index in [2.05, 4.69) is 36.6 Å². The number of carboxylic acid groups (broad SMARTS) is 2. The number of carbonyl (C=O) groups excluding carboxylic acids is 6. The smallest absolute Gasteiger partial charge is 0.327 e. The van der Waals surface area contributed by atoms with Crippen LogP contribution in [0.25, 0.3) is 32.6 Å². The molecule has 0 bridgehead atoms. The largest absolute Gasteiger partial charge is 0.481 e. The molecule has 21 nitrogen and oxygen atoms in total. The van der Waals surface area contributed by atoms with Crippen LogP contribution in [0, 0.1) is 11.3 Å². The van der Waals surface area contributed by atoms with Gasteiger partial charge in [0.1, 0.15) is 29.2 Å². The highest BCUT2D eigenvalue weighted by Crippen LogP contribution is 2.46. The van der Waals surface area contributed by atoms with E-state index in [0.29, 0.717) is 76.2 Å². The maximum atomic E-state index is 14.2. The van der Waals surface area contributed by atoms with Gasteiger partial charge in [0.2, 0.25) is 17.7 Å². The molecule has 24 heteroatoms. The highest BCUT2D eigenvalue weighted by Gasteiger charge is 2.36. The summed E-state index contributed by atoms with van der Waals surface area (Å²) in [6.07, 6.45) is 0.0948. The number of nitrogens with zero attached hydrogens (tertiary/aromatic N) is 1. The van der Waals surface area contributed by atoms with Crippen molar-refractivity contribution < 1.29 is 53.3 Å². The number of H-pyrrole nitrogens is 2. The number of benzene rings is 4. The van der Waals surface area contributed by atoms with Gasteiger partial charge in [0, 0.05) is 100 Å². The summed E-state index contributed by atoms with van der Waals surface area (Å²) in [4.78, 5) is 110. The Balaban J connectivity index is 0.894. The van der Waals surface area contributed by atoms with Gasteiger partial charge in [-0.15, -0.1) is 11.6 Å². The second-order valence-electron chi connectivity index (χ2n) is 17.5. The number of nitrogens with one attached hydrogen (secondary N) is 8. The number of halogens is 1. The van der Waals surface area contributed by atoms with Crippen molar-refractivity contribution in [3.05, 3.63) is 95.8 Å². The van der Waals surface area contributed by atoms with E-state index in [0.717, 1.165) is 27.1 Å². The molecule has 12 N–H and O–H groups in total. The number of carboxylic acids is 2. The Morgan fingerprint density at radius 2 is 1.50 bits per heavy atom. The summed E-state index contributed by atoms with van der Waals surface area (Å²) in [6, 6.07) is 19.9. The molecule has 3 heterocycles. The molecule has 1 aliphatic heterocycles. The molecule has 1 unspecified atom stereocenters. The second-order valence-corrected chi connectivity index (χ2v) is 20.4. The van der Waals surface area contributed by atoms with E-state index in [1.807, 2.05) is 24.3 Å².